The van der Waals surface area contributed by atoms with Crippen LogP contribution in [0.3, 0.4) is 0 Å². The van der Waals surface area contributed by atoms with Crippen LogP contribution in [0.1, 0.15) is 11.1 Å². The highest BCUT2D eigenvalue weighted by Crippen LogP contribution is 2.17. The first-order valence-electron chi connectivity index (χ1n) is 3.94. The van der Waals surface area contributed by atoms with Crippen molar-refractivity contribution >= 4 is 22.7 Å². The molecule has 1 aromatic carbocycles. The zero-order chi connectivity index (χ0) is 9.84. The quantitative estimate of drug-likeness (QED) is 0.561. The van der Waals surface area contributed by atoms with Crippen molar-refractivity contribution in [3.05, 3.63) is 29.3 Å². The highest BCUT2D eigenvalue weighted by atomic mass is 32.1. The lowest BCUT2D eigenvalue weighted by atomic mass is 10.2. The van der Waals surface area contributed by atoms with Crippen molar-refractivity contribution < 1.29 is 9.90 Å². The topological polar surface area (TPSA) is 37.3 Å². The maximum atomic E-state index is 10.3. The van der Waals surface area contributed by atoms with E-state index >= 15 is 0 Å². The Labute approximate surface area is 81.2 Å². The summed E-state index contributed by atoms with van der Waals surface area (Å²) in [6.07, 6.45) is 0. The van der Waals surface area contributed by atoms with Crippen LogP contribution in [0.15, 0.2) is 23.1 Å². The summed E-state index contributed by atoms with van der Waals surface area (Å²) in [6.45, 7) is 3.98. The van der Waals surface area contributed by atoms with Gasteiger partial charge in [0.05, 0.1) is 0 Å². The summed E-state index contributed by atoms with van der Waals surface area (Å²) in [6, 6.07) is 6.04. The Kier molecular flexibility index (Phi) is 3.25. The predicted molar refractivity (Wildman–Crippen MR) is 56.9 cm³/mol. The van der Waals surface area contributed by atoms with Gasteiger partial charge in [-0.15, -0.1) is 0 Å². The van der Waals surface area contributed by atoms with Gasteiger partial charge in [0.2, 0.25) is 0 Å². The van der Waals surface area contributed by atoms with Crippen LogP contribution in [0, 0.1) is 13.8 Å². The molecule has 0 atom stereocenters. The molecule has 1 aromatic rings. The zero-order valence-electron chi connectivity index (χ0n) is 7.61. The molecular weight excluding hydrogens is 184 g/mol. The average Bonchev–Trinajstić information content (AvgIpc) is 2.06. The zero-order valence-corrected chi connectivity index (χ0v) is 8.51. The highest BCUT2D eigenvalue weighted by Gasteiger charge is 1.94. The van der Waals surface area contributed by atoms with Gasteiger partial charge in [-0.2, -0.15) is 11.4 Å². The third kappa shape index (κ3) is 3.03. The average molecular weight is 196 g/mol. The van der Waals surface area contributed by atoms with Gasteiger partial charge in [-0.1, -0.05) is 17.7 Å². The Bertz CT molecular complexity index is 356. The highest BCUT2D eigenvalue weighted by molar-refractivity contribution is 7.98. The smallest absolute Gasteiger partial charge is 0.334 e. The first-order chi connectivity index (χ1) is 6.09. The van der Waals surface area contributed by atoms with Crippen molar-refractivity contribution in [2.45, 2.75) is 18.7 Å². The van der Waals surface area contributed by atoms with Crippen molar-refractivity contribution in [3.63, 3.8) is 0 Å². The molecule has 0 fully saturated rings. The molecule has 70 valence electrons. The van der Waals surface area contributed by atoms with E-state index in [1.807, 2.05) is 32.0 Å². The molecule has 0 aromatic heterocycles. The monoisotopic (exact) mass is 196 g/mol. The van der Waals surface area contributed by atoms with E-state index in [-0.39, 0.29) is 0 Å². The van der Waals surface area contributed by atoms with Gasteiger partial charge in [0.25, 0.3) is 0 Å². The molecule has 0 spiro atoms. The van der Waals surface area contributed by atoms with Crippen LogP contribution in [0.2, 0.25) is 0 Å². The number of benzene rings is 1. The fraction of sp³-hybridized carbons (Fsp3) is 0.200. The van der Waals surface area contributed by atoms with Gasteiger partial charge in [-0.3, -0.25) is 0 Å². The minimum atomic E-state index is -0.873. The summed E-state index contributed by atoms with van der Waals surface area (Å²) in [5, 5.41) is 9.72. The van der Waals surface area contributed by atoms with Crippen LogP contribution < -0.4 is 0 Å². The molecule has 13 heavy (non-hydrogen) atoms. The number of carboxylic acid groups (broad SMARTS) is 1. The fourth-order valence-electron chi connectivity index (χ4n) is 0.983. The number of thiol groups is 1. The number of carbonyl (C=O) groups is 1. The molecule has 0 radical (unpaired) electrons. The summed E-state index contributed by atoms with van der Waals surface area (Å²) < 4.78 is 0. The Hall–Kier alpha value is -1.09. The second kappa shape index (κ2) is 4.23. The third-order valence-electron chi connectivity index (χ3n) is 1.68. The maximum Gasteiger partial charge on any atom is 0.334 e. The van der Waals surface area contributed by atoms with Crippen LogP contribution in [-0.4, -0.2) is 16.4 Å². The maximum absolute atomic E-state index is 10.3. The van der Waals surface area contributed by atoms with Crippen LogP contribution in [0.4, 0.5) is 0 Å². The van der Waals surface area contributed by atoms with E-state index in [9.17, 15) is 4.79 Å². The Morgan fingerprint density at radius 2 is 2.15 bits per heavy atom. The molecule has 0 unspecified atom stereocenters. The van der Waals surface area contributed by atoms with Crippen LogP contribution in [-0.2, 0) is 4.79 Å². The molecule has 0 heterocycles. The molecule has 1 N–H and O–H groups in total. The summed E-state index contributed by atoms with van der Waals surface area (Å²) in [5.41, 5.74) is 2.29. The lowest BCUT2D eigenvalue weighted by molar-refractivity contribution is -0.128. The van der Waals surface area contributed by atoms with Crippen molar-refractivity contribution in [1.29, 1.82) is 0 Å². The van der Waals surface area contributed by atoms with E-state index in [1.165, 1.54) is 5.37 Å². The second-order valence-electron chi connectivity index (χ2n) is 2.89. The number of aliphatic carboxylic acids is 1. The first-order valence-corrected chi connectivity index (χ1v) is 4.90. The van der Waals surface area contributed by atoms with E-state index in [0.29, 0.717) is 0 Å². The van der Waals surface area contributed by atoms with Crippen LogP contribution in [0.25, 0.3) is 0 Å². The molecule has 2 nitrogen and oxygen atoms in total. The summed E-state index contributed by atoms with van der Waals surface area (Å²) >= 11 is 0.750. The molecule has 3 heteroatoms. The number of rotatable bonds is 2. The molecule has 0 saturated carbocycles. The SMILES string of the molecule is Cc1ccc(C)c([SH]=CC(=O)O)c1. The lowest BCUT2D eigenvalue weighted by Gasteiger charge is -2.00. The van der Waals surface area contributed by atoms with E-state index < -0.39 is 5.97 Å². The van der Waals surface area contributed by atoms with Gasteiger partial charge in [0, 0.05) is 10.3 Å². The van der Waals surface area contributed by atoms with Crippen molar-refractivity contribution in [2.24, 2.45) is 0 Å². The third-order valence-corrected chi connectivity index (χ3v) is 2.79. The Morgan fingerprint density at radius 1 is 1.46 bits per heavy atom. The minimum absolute atomic E-state index is 0.750. The van der Waals surface area contributed by atoms with Gasteiger partial charge in [0.15, 0.2) is 0 Å². The van der Waals surface area contributed by atoms with Crippen LogP contribution >= 0.6 is 11.4 Å². The Balaban J connectivity index is 3.00. The molecular formula is C10H12O2S. The van der Waals surface area contributed by atoms with E-state index in [2.05, 4.69) is 0 Å². The van der Waals surface area contributed by atoms with E-state index in [0.717, 1.165) is 27.4 Å². The van der Waals surface area contributed by atoms with Crippen molar-refractivity contribution in [2.75, 3.05) is 0 Å². The minimum Gasteiger partial charge on any atom is -0.478 e. The summed E-state index contributed by atoms with van der Waals surface area (Å²) in [7, 11) is 0. The van der Waals surface area contributed by atoms with Gasteiger partial charge < -0.3 is 5.11 Å². The number of aryl methyl sites for hydroxylation is 2. The molecule has 0 amide bonds. The fourth-order valence-corrected chi connectivity index (χ4v) is 1.79. The largest absolute Gasteiger partial charge is 0.478 e. The van der Waals surface area contributed by atoms with Crippen molar-refractivity contribution in [3.8, 4) is 0 Å². The van der Waals surface area contributed by atoms with Gasteiger partial charge in [0.1, 0.15) is 0 Å². The summed E-state index contributed by atoms with van der Waals surface area (Å²) in [5.74, 6) is -0.873. The molecule has 0 bridgehead atoms. The number of hydrogen-bond donors (Lipinski definition) is 2. The molecule has 0 saturated heterocycles. The number of carboxylic acids is 1. The Morgan fingerprint density at radius 3 is 2.77 bits per heavy atom. The number of hydrogen-bond acceptors (Lipinski definition) is 1. The predicted octanol–water partition coefficient (Wildman–Crippen LogP) is 2.01. The van der Waals surface area contributed by atoms with Gasteiger partial charge in [-0.25, -0.2) is 4.79 Å². The second-order valence-corrected chi connectivity index (χ2v) is 3.88. The van der Waals surface area contributed by atoms with E-state index in [4.69, 9.17) is 5.11 Å². The van der Waals surface area contributed by atoms with Crippen LogP contribution in [0.5, 0.6) is 0 Å². The van der Waals surface area contributed by atoms with Gasteiger partial charge in [-0.05, 0) is 25.5 Å². The summed E-state index contributed by atoms with van der Waals surface area (Å²) in [4.78, 5) is 11.4. The normalized spacial score (nSPS) is 11.2. The molecule has 0 aliphatic carbocycles. The molecule has 0 aliphatic heterocycles. The van der Waals surface area contributed by atoms with Gasteiger partial charge >= 0.3 is 5.97 Å². The molecule has 0 aliphatic rings. The van der Waals surface area contributed by atoms with Crippen molar-refractivity contribution in [1.82, 2.24) is 0 Å². The first kappa shape index (κ1) is 9.99. The standard InChI is InChI=1S/C10H12O2S/c1-7-3-4-8(2)9(5-7)13-6-10(11)12/h3-6,13H,1-2H3,(H,11,12). The van der Waals surface area contributed by atoms with E-state index in [1.54, 1.807) is 0 Å². The lowest BCUT2D eigenvalue weighted by Crippen LogP contribution is -1.92. The molecule has 1 rings (SSSR count).